The molecule has 0 amide bonds. The summed E-state index contributed by atoms with van der Waals surface area (Å²) in [6.45, 7) is 0. The zero-order chi connectivity index (χ0) is 9.28. The third-order valence-electron chi connectivity index (χ3n) is 0.390. The highest BCUT2D eigenvalue weighted by atomic mass is 35.5. The Labute approximate surface area is 59.7 Å². The van der Waals surface area contributed by atoms with Gasteiger partial charge < -0.3 is 4.74 Å². The van der Waals surface area contributed by atoms with Crippen molar-refractivity contribution in [3.63, 3.8) is 0 Å². The summed E-state index contributed by atoms with van der Waals surface area (Å²) in [4.78, 5) is -2.19. The highest BCUT2D eigenvalue weighted by molar-refractivity contribution is 6.44. The fourth-order valence-corrected chi connectivity index (χ4v) is 0.134. The van der Waals surface area contributed by atoms with E-state index in [9.17, 15) is 8.78 Å². The Kier molecular flexibility index (Phi) is 1.49. The van der Waals surface area contributed by atoms with E-state index >= 15 is 0 Å². The van der Waals surface area contributed by atoms with Crippen LogP contribution >= 0.6 is 23.2 Å². The Hall–Kier alpha value is 0.400. The van der Waals surface area contributed by atoms with Crippen LogP contribution in [0.1, 0.15) is 4.11 Å². The van der Waals surface area contributed by atoms with Crippen LogP contribution < -0.4 is 0 Å². The second-order valence-electron chi connectivity index (χ2n) is 0.965. The van der Waals surface area contributed by atoms with Crippen LogP contribution in [0.4, 0.5) is 8.78 Å². The summed E-state index contributed by atoms with van der Waals surface area (Å²) in [5.41, 5.74) is 0. The van der Waals surface area contributed by atoms with Crippen molar-refractivity contribution in [2.45, 2.75) is 10.9 Å². The lowest BCUT2D eigenvalue weighted by atomic mass is 10.7. The normalized spacial score (nSPS) is 19.9. The number of hydrogen-bond acceptors (Lipinski definition) is 1. The van der Waals surface area contributed by atoms with Crippen LogP contribution in [0.15, 0.2) is 0 Å². The predicted molar refractivity (Wildman–Crippen MR) is 27.4 cm³/mol. The molecule has 0 heterocycles. The molecule has 0 spiro atoms. The molecule has 1 nitrogen and oxygen atoms in total. The molecule has 0 unspecified atom stereocenters. The maximum absolute atomic E-state index is 12.2. The number of alkyl halides is 4. The zero-order valence-electron chi connectivity index (χ0n) is 6.50. The maximum atomic E-state index is 12.2. The SMILES string of the molecule is [2H]C([2H])([2H])OC(F)(F)C(Cl)Cl. The van der Waals surface area contributed by atoms with Gasteiger partial charge >= 0.3 is 6.11 Å². The van der Waals surface area contributed by atoms with E-state index in [2.05, 4.69) is 4.74 Å². The van der Waals surface area contributed by atoms with Gasteiger partial charge in [-0.25, -0.2) is 0 Å². The van der Waals surface area contributed by atoms with Crippen LogP contribution in [0.5, 0.6) is 0 Å². The minimum absolute atomic E-state index is 2.19. The lowest BCUT2D eigenvalue weighted by molar-refractivity contribution is -0.210. The average Bonchev–Trinajstić information content (AvgIpc) is 1.56. The summed E-state index contributed by atoms with van der Waals surface area (Å²) in [6, 6.07) is 0. The first-order chi connectivity index (χ1) is 4.65. The van der Waals surface area contributed by atoms with Crippen molar-refractivity contribution in [1.82, 2.24) is 0 Å². The monoisotopic (exact) mass is 167 g/mol. The molecule has 0 fully saturated rings. The lowest BCUT2D eigenvalue weighted by Gasteiger charge is -2.13. The number of rotatable bonds is 2. The highest BCUT2D eigenvalue weighted by Gasteiger charge is 2.36. The first-order valence-corrected chi connectivity index (χ1v) is 2.38. The van der Waals surface area contributed by atoms with Crippen molar-refractivity contribution in [2.24, 2.45) is 0 Å². The quantitative estimate of drug-likeness (QED) is 0.573. The van der Waals surface area contributed by atoms with Crippen molar-refractivity contribution in [1.29, 1.82) is 0 Å². The second kappa shape index (κ2) is 2.80. The van der Waals surface area contributed by atoms with Gasteiger partial charge in [-0.3, -0.25) is 0 Å². The molecule has 0 aromatic rings. The van der Waals surface area contributed by atoms with Crippen molar-refractivity contribution >= 4 is 23.2 Å². The topological polar surface area (TPSA) is 9.23 Å². The Bertz CT molecular complexity index is 137. The third-order valence-corrected chi connectivity index (χ3v) is 0.898. The van der Waals surface area contributed by atoms with Crippen LogP contribution in [0, 0.1) is 0 Å². The Morgan fingerprint density at radius 1 is 1.75 bits per heavy atom. The highest BCUT2D eigenvalue weighted by Crippen LogP contribution is 2.26. The maximum Gasteiger partial charge on any atom is 0.385 e. The fraction of sp³-hybridized carbons (Fsp3) is 1.00. The minimum atomic E-state index is -4.05. The Morgan fingerprint density at radius 2 is 2.25 bits per heavy atom. The van der Waals surface area contributed by atoms with Crippen molar-refractivity contribution in [3.05, 3.63) is 0 Å². The minimum Gasteiger partial charge on any atom is -0.322 e. The van der Waals surface area contributed by atoms with E-state index in [0.29, 0.717) is 0 Å². The molecule has 0 aliphatic heterocycles. The van der Waals surface area contributed by atoms with Crippen molar-refractivity contribution in [2.75, 3.05) is 7.04 Å². The average molecular weight is 168 g/mol. The molecule has 0 aromatic heterocycles. The summed E-state index contributed by atoms with van der Waals surface area (Å²) in [5.74, 6) is 0. The van der Waals surface area contributed by atoms with Crippen molar-refractivity contribution < 1.29 is 17.6 Å². The summed E-state index contributed by atoms with van der Waals surface area (Å²) >= 11 is 9.43. The predicted octanol–water partition coefficient (Wildman–Crippen LogP) is 2.03. The van der Waals surface area contributed by atoms with Gasteiger partial charge in [0.15, 0.2) is 4.84 Å². The van der Waals surface area contributed by atoms with Gasteiger partial charge in [0.1, 0.15) is 0 Å². The molecule has 50 valence electrons. The van der Waals surface area contributed by atoms with Crippen LogP contribution in [0.2, 0.25) is 0 Å². The van der Waals surface area contributed by atoms with Gasteiger partial charge in [-0.1, -0.05) is 23.2 Å². The molecular weight excluding hydrogens is 161 g/mol. The van der Waals surface area contributed by atoms with E-state index in [1.54, 1.807) is 0 Å². The van der Waals surface area contributed by atoms with Gasteiger partial charge in [-0.05, 0) is 0 Å². The molecule has 0 N–H and O–H groups in total. The van der Waals surface area contributed by atoms with Gasteiger partial charge in [-0.2, -0.15) is 8.78 Å². The first-order valence-electron chi connectivity index (χ1n) is 3.01. The summed E-state index contributed by atoms with van der Waals surface area (Å²) in [5, 5.41) is 0. The van der Waals surface area contributed by atoms with E-state index in [-0.39, 0.29) is 0 Å². The molecule has 0 saturated carbocycles. The van der Waals surface area contributed by atoms with Crippen LogP contribution in [-0.2, 0) is 4.74 Å². The van der Waals surface area contributed by atoms with E-state index in [1.165, 1.54) is 0 Å². The molecule has 0 aliphatic carbocycles. The van der Waals surface area contributed by atoms with Gasteiger partial charge in [0.2, 0.25) is 0 Å². The van der Waals surface area contributed by atoms with Gasteiger partial charge in [0.25, 0.3) is 0 Å². The second-order valence-corrected chi connectivity index (χ2v) is 2.06. The van der Waals surface area contributed by atoms with Crippen LogP contribution in [-0.4, -0.2) is 18.0 Å². The van der Waals surface area contributed by atoms with Crippen LogP contribution in [0.3, 0.4) is 0 Å². The summed E-state index contributed by atoms with van der Waals surface area (Å²) < 4.78 is 46.6. The summed E-state index contributed by atoms with van der Waals surface area (Å²) in [6.07, 6.45) is -4.05. The van der Waals surface area contributed by atoms with E-state index in [0.717, 1.165) is 0 Å². The Balaban J connectivity index is 4.13. The van der Waals surface area contributed by atoms with E-state index in [4.69, 9.17) is 27.3 Å². The molecule has 5 heteroatoms. The van der Waals surface area contributed by atoms with E-state index in [1.807, 2.05) is 0 Å². The largest absolute Gasteiger partial charge is 0.385 e. The third kappa shape index (κ3) is 2.11. The van der Waals surface area contributed by atoms with Gasteiger partial charge in [0.05, 0.1) is 4.11 Å². The molecule has 0 aromatic carbocycles. The molecule has 8 heavy (non-hydrogen) atoms. The molecule has 0 aliphatic rings. The standard InChI is InChI=1S/C3H4Cl2F2O/c1-8-3(6,7)2(4)5/h2H,1H3/i1D3. The molecular formula is C3H4Cl2F2O. The van der Waals surface area contributed by atoms with Gasteiger partial charge in [-0.15, -0.1) is 0 Å². The number of halogens is 4. The molecule has 0 saturated heterocycles. The summed E-state index contributed by atoms with van der Waals surface area (Å²) in [7, 11) is -3.20. The fourth-order valence-electron chi connectivity index (χ4n) is 0.0445. The lowest BCUT2D eigenvalue weighted by Crippen LogP contribution is -2.26. The number of methoxy groups -OCH3 is 1. The molecule has 0 radical (unpaired) electrons. The van der Waals surface area contributed by atoms with Gasteiger partial charge in [0, 0.05) is 7.04 Å². The number of hydrogen-bond donors (Lipinski definition) is 0. The molecule has 0 atom stereocenters. The molecule has 0 bridgehead atoms. The zero-order valence-corrected chi connectivity index (χ0v) is 5.01. The smallest absolute Gasteiger partial charge is 0.322 e. The van der Waals surface area contributed by atoms with Crippen molar-refractivity contribution in [3.8, 4) is 0 Å². The first kappa shape index (κ1) is 4.25. The molecule has 0 rings (SSSR count). The van der Waals surface area contributed by atoms with E-state index < -0.39 is 18.0 Å². The Morgan fingerprint density at radius 3 is 2.38 bits per heavy atom. The van der Waals surface area contributed by atoms with Crippen LogP contribution in [0.25, 0.3) is 0 Å². The number of ether oxygens (including phenoxy) is 1.